The van der Waals surface area contributed by atoms with Gasteiger partial charge in [0.2, 0.25) is 0 Å². The first-order valence-corrected chi connectivity index (χ1v) is 8.05. The Labute approximate surface area is 123 Å². The van der Waals surface area contributed by atoms with Gasteiger partial charge in [-0.1, -0.05) is 51.3 Å². The Bertz CT molecular complexity index is 408. The number of benzene rings is 1. The second-order valence-electron chi connectivity index (χ2n) is 6.85. The molecule has 1 aromatic carbocycles. The van der Waals surface area contributed by atoms with Crippen LogP contribution in [0.15, 0.2) is 24.3 Å². The molecule has 0 bridgehead atoms. The van der Waals surface area contributed by atoms with Crippen LogP contribution in [0.3, 0.4) is 0 Å². The van der Waals surface area contributed by atoms with E-state index in [1.165, 1.54) is 32.1 Å². The quantitative estimate of drug-likeness (QED) is 0.803. The fraction of sp³-hybridized carbons (Fsp3) is 0.667. The maximum atomic E-state index is 13.9. The summed E-state index contributed by atoms with van der Waals surface area (Å²) in [4.78, 5) is 0. The first kappa shape index (κ1) is 15.5. The van der Waals surface area contributed by atoms with Crippen molar-refractivity contribution < 1.29 is 4.39 Å². The van der Waals surface area contributed by atoms with Crippen LogP contribution in [0.2, 0.25) is 0 Å². The number of nitrogens with one attached hydrogen (secondary N) is 1. The second kappa shape index (κ2) is 7.21. The van der Waals surface area contributed by atoms with E-state index >= 15 is 0 Å². The summed E-state index contributed by atoms with van der Waals surface area (Å²) in [5.74, 6) is 0.630. The molecule has 0 spiro atoms. The molecule has 0 radical (unpaired) electrons. The van der Waals surface area contributed by atoms with Crippen molar-refractivity contribution in [2.45, 2.75) is 52.4 Å². The third-order valence-corrected chi connectivity index (χ3v) is 4.49. The topological polar surface area (TPSA) is 12.0 Å². The lowest BCUT2D eigenvalue weighted by molar-refractivity contribution is 0.177. The summed E-state index contributed by atoms with van der Waals surface area (Å²) >= 11 is 0. The van der Waals surface area contributed by atoms with E-state index in [1.54, 1.807) is 12.1 Å². The van der Waals surface area contributed by atoms with Crippen molar-refractivity contribution in [3.05, 3.63) is 35.6 Å². The highest BCUT2D eigenvalue weighted by atomic mass is 19.1. The van der Waals surface area contributed by atoms with Crippen molar-refractivity contribution >= 4 is 0 Å². The molecule has 0 saturated heterocycles. The highest BCUT2D eigenvalue weighted by Crippen LogP contribution is 2.39. The molecule has 1 saturated carbocycles. The molecule has 1 fully saturated rings. The molecule has 1 aromatic rings. The zero-order valence-corrected chi connectivity index (χ0v) is 12.9. The third kappa shape index (κ3) is 4.31. The highest BCUT2D eigenvalue weighted by molar-refractivity contribution is 5.19. The summed E-state index contributed by atoms with van der Waals surface area (Å²) < 4.78 is 13.9. The Morgan fingerprint density at radius 3 is 2.50 bits per heavy atom. The van der Waals surface area contributed by atoms with Gasteiger partial charge in [0.15, 0.2) is 0 Å². The van der Waals surface area contributed by atoms with Gasteiger partial charge < -0.3 is 5.32 Å². The van der Waals surface area contributed by atoms with Crippen molar-refractivity contribution in [2.75, 3.05) is 13.1 Å². The van der Waals surface area contributed by atoms with Crippen LogP contribution in [0.5, 0.6) is 0 Å². The molecule has 0 aromatic heterocycles. The van der Waals surface area contributed by atoms with Crippen LogP contribution >= 0.6 is 0 Å². The van der Waals surface area contributed by atoms with Gasteiger partial charge in [0.1, 0.15) is 5.82 Å². The molecule has 2 rings (SSSR count). The van der Waals surface area contributed by atoms with Crippen LogP contribution in [0.1, 0.15) is 51.5 Å². The first-order chi connectivity index (χ1) is 9.61. The predicted octanol–water partition coefficient (Wildman–Crippen LogP) is 4.56. The van der Waals surface area contributed by atoms with Crippen molar-refractivity contribution in [3.8, 4) is 0 Å². The van der Waals surface area contributed by atoms with Gasteiger partial charge in [0, 0.05) is 6.54 Å². The number of hydrogen-bond donors (Lipinski definition) is 1. The van der Waals surface area contributed by atoms with Gasteiger partial charge >= 0.3 is 0 Å². The molecule has 1 aliphatic rings. The summed E-state index contributed by atoms with van der Waals surface area (Å²) in [6.45, 7) is 6.55. The van der Waals surface area contributed by atoms with E-state index in [2.05, 4.69) is 19.2 Å². The van der Waals surface area contributed by atoms with Gasteiger partial charge in [-0.05, 0) is 48.8 Å². The van der Waals surface area contributed by atoms with Crippen molar-refractivity contribution in [1.82, 2.24) is 5.32 Å². The minimum absolute atomic E-state index is 0.0405. The van der Waals surface area contributed by atoms with Crippen molar-refractivity contribution in [1.29, 1.82) is 0 Å². The van der Waals surface area contributed by atoms with Crippen molar-refractivity contribution in [3.63, 3.8) is 0 Å². The summed E-state index contributed by atoms with van der Waals surface area (Å²) in [5.41, 5.74) is 1.15. The molecule has 112 valence electrons. The van der Waals surface area contributed by atoms with E-state index in [-0.39, 0.29) is 11.2 Å². The first-order valence-electron chi connectivity index (χ1n) is 8.05. The summed E-state index contributed by atoms with van der Waals surface area (Å²) in [6.07, 6.45) is 7.25. The minimum atomic E-state index is -0.0405. The van der Waals surface area contributed by atoms with Crippen LogP contribution in [-0.2, 0) is 6.42 Å². The molecule has 0 atom stereocenters. The standard InChI is InChI=1S/C18H28FN/c1-15(2)13-20-14-18(10-6-3-7-11-18)12-16-8-4-5-9-17(16)19/h4-5,8-9,15,20H,3,6-7,10-14H2,1-2H3. The average molecular weight is 277 g/mol. The van der Waals surface area contributed by atoms with Gasteiger partial charge in [0.25, 0.3) is 0 Å². The molecule has 20 heavy (non-hydrogen) atoms. The average Bonchev–Trinajstić information content (AvgIpc) is 2.42. The molecule has 1 N–H and O–H groups in total. The number of hydrogen-bond acceptors (Lipinski definition) is 1. The molecule has 1 nitrogen and oxygen atoms in total. The number of halogens is 1. The molecule has 0 aliphatic heterocycles. The summed E-state index contributed by atoms with van der Waals surface area (Å²) in [7, 11) is 0. The minimum Gasteiger partial charge on any atom is -0.316 e. The van der Waals surface area contributed by atoms with Crippen LogP contribution in [0.4, 0.5) is 4.39 Å². The molecular formula is C18H28FN. The molecule has 0 unspecified atom stereocenters. The lowest BCUT2D eigenvalue weighted by Crippen LogP contribution is -2.39. The van der Waals surface area contributed by atoms with Crippen LogP contribution < -0.4 is 5.32 Å². The Hall–Kier alpha value is -0.890. The van der Waals surface area contributed by atoms with E-state index in [0.717, 1.165) is 25.1 Å². The normalized spacial score (nSPS) is 18.4. The predicted molar refractivity (Wildman–Crippen MR) is 83.3 cm³/mol. The highest BCUT2D eigenvalue weighted by Gasteiger charge is 2.32. The van der Waals surface area contributed by atoms with Gasteiger partial charge in [0.05, 0.1) is 0 Å². The zero-order chi connectivity index (χ0) is 14.4. The van der Waals surface area contributed by atoms with Crippen LogP contribution in [-0.4, -0.2) is 13.1 Å². The number of rotatable bonds is 6. The zero-order valence-electron chi connectivity index (χ0n) is 12.9. The molecule has 0 amide bonds. The monoisotopic (exact) mass is 277 g/mol. The van der Waals surface area contributed by atoms with Gasteiger partial charge in [-0.15, -0.1) is 0 Å². The van der Waals surface area contributed by atoms with E-state index < -0.39 is 0 Å². The van der Waals surface area contributed by atoms with Crippen LogP contribution in [0.25, 0.3) is 0 Å². The smallest absolute Gasteiger partial charge is 0.126 e. The fourth-order valence-electron chi connectivity index (χ4n) is 3.39. The van der Waals surface area contributed by atoms with Crippen molar-refractivity contribution in [2.24, 2.45) is 11.3 Å². The molecule has 0 heterocycles. The van der Waals surface area contributed by atoms with E-state index in [0.29, 0.717) is 5.92 Å². The Balaban J connectivity index is 2.04. The largest absolute Gasteiger partial charge is 0.316 e. The van der Waals surface area contributed by atoms with E-state index in [1.807, 2.05) is 12.1 Å². The Kier molecular flexibility index (Phi) is 5.59. The van der Waals surface area contributed by atoms with Gasteiger partial charge in [-0.3, -0.25) is 0 Å². The SMILES string of the molecule is CC(C)CNCC1(Cc2ccccc2F)CCCCC1. The van der Waals surface area contributed by atoms with E-state index in [9.17, 15) is 4.39 Å². The summed E-state index contributed by atoms with van der Waals surface area (Å²) in [5, 5.41) is 3.61. The van der Waals surface area contributed by atoms with E-state index in [4.69, 9.17) is 0 Å². The summed E-state index contributed by atoms with van der Waals surface area (Å²) in [6, 6.07) is 7.28. The third-order valence-electron chi connectivity index (χ3n) is 4.49. The second-order valence-corrected chi connectivity index (χ2v) is 6.85. The Morgan fingerprint density at radius 1 is 1.15 bits per heavy atom. The lowest BCUT2D eigenvalue weighted by Gasteiger charge is -2.38. The fourth-order valence-corrected chi connectivity index (χ4v) is 3.39. The molecule has 1 aliphatic carbocycles. The maximum Gasteiger partial charge on any atom is 0.126 e. The maximum absolute atomic E-state index is 13.9. The van der Waals surface area contributed by atoms with Gasteiger partial charge in [-0.2, -0.15) is 0 Å². The lowest BCUT2D eigenvalue weighted by atomic mass is 9.70. The van der Waals surface area contributed by atoms with Crippen LogP contribution in [0, 0.1) is 17.2 Å². The molecular weight excluding hydrogens is 249 g/mol. The van der Waals surface area contributed by atoms with Gasteiger partial charge in [-0.25, -0.2) is 4.39 Å². The molecule has 2 heteroatoms. The Morgan fingerprint density at radius 2 is 1.85 bits per heavy atom.